The Morgan fingerprint density at radius 3 is 2.77 bits per heavy atom. The molecule has 4 aliphatic rings. The first-order valence-corrected chi connectivity index (χ1v) is 5.40. The fraction of sp³-hybridized carbons (Fsp3) is 1.00. The molecule has 3 aliphatic carbocycles. The summed E-state index contributed by atoms with van der Waals surface area (Å²) in [6.07, 6.45) is 3.93. The smallest absolute Gasteiger partial charge is 0.100 e. The predicted octanol–water partition coefficient (Wildman–Crippen LogP) is 1.57. The fourth-order valence-electron chi connectivity index (χ4n) is 3.86. The topological polar surface area (TPSA) is 32.8 Å². The quantitative estimate of drug-likeness (QED) is 0.657. The molecule has 0 unspecified atom stereocenters. The normalized spacial score (nSPS) is 55.2. The van der Waals surface area contributed by atoms with E-state index in [9.17, 15) is 0 Å². The van der Waals surface area contributed by atoms with Crippen LogP contribution in [0, 0.1) is 17.3 Å². The van der Waals surface area contributed by atoms with Crippen molar-refractivity contribution in [2.45, 2.75) is 44.8 Å². The van der Waals surface area contributed by atoms with Gasteiger partial charge in [-0.15, -0.1) is 0 Å². The largest absolute Gasteiger partial charge is 0.396 e. The van der Waals surface area contributed by atoms with E-state index in [1.807, 2.05) is 0 Å². The molecule has 0 radical (unpaired) electrons. The van der Waals surface area contributed by atoms with Crippen LogP contribution in [0.25, 0.3) is 0 Å². The fourth-order valence-corrected chi connectivity index (χ4v) is 3.86. The lowest BCUT2D eigenvalue weighted by atomic mass is 9.45. The predicted molar refractivity (Wildman–Crippen MR) is 49.3 cm³/mol. The van der Waals surface area contributed by atoms with Crippen LogP contribution in [0.15, 0.2) is 0 Å². The van der Waals surface area contributed by atoms with Crippen LogP contribution in [-0.2, 0) is 4.74 Å². The Hall–Kier alpha value is -0.0800. The van der Waals surface area contributed by atoms with Crippen molar-refractivity contribution in [3.8, 4) is 0 Å². The molecule has 0 spiro atoms. The number of ether oxygens (including phenoxy) is 1. The Labute approximate surface area is 79.3 Å². The SMILES string of the molecule is CC1(C)[C@H]2C[C@@H]3O[C@]3(CCO)[C@@H]1C2. The molecule has 4 fully saturated rings. The monoisotopic (exact) mass is 182 g/mol. The van der Waals surface area contributed by atoms with Crippen LogP contribution in [0.1, 0.15) is 33.1 Å². The molecule has 1 saturated heterocycles. The van der Waals surface area contributed by atoms with Gasteiger partial charge in [-0.1, -0.05) is 13.8 Å². The van der Waals surface area contributed by atoms with Gasteiger partial charge in [0.25, 0.3) is 0 Å². The first-order chi connectivity index (χ1) is 6.11. The zero-order valence-electron chi connectivity index (χ0n) is 8.42. The molecule has 0 aromatic heterocycles. The summed E-state index contributed by atoms with van der Waals surface area (Å²) in [4.78, 5) is 0. The van der Waals surface area contributed by atoms with Crippen molar-refractivity contribution >= 4 is 0 Å². The van der Waals surface area contributed by atoms with E-state index >= 15 is 0 Å². The van der Waals surface area contributed by atoms with E-state index in [2.05, 4.69) is 13.8 Å². The van der Waals surface area contributed by atoms with E-state index in [1.54, 1.807) is 0 Å². The Morgan fingerprint density at radius 2 is 2.15 bits per heavy atom. The van der Waals surface area contributed by atoms with Gasteiger partial charge in [0.15, 0.2) is 0 Å². The maximum absolute atomic E-state index is 9.04. The van der Waals surface area contributed by atoms with E-state index in [0.717, 1.165) is 18.3 Å². The summed E-state index contributed by atoms with van der Waals surface area (Å²) in [5.41, 5.74) is 0.579. The summed E-state index contributed by atoms with van der Waals surface area (Å²) >= 11 is 0. The number of epoxide rings is 1. The van der Waals surface area contributed by atoms with Crippen molar-refractivity contribution in [1.29, 1.82) is 0 Å². The molecule has 0 amide bonds. The van der Waals surface area contributed by atoms with Gasteiger partial charge in [0.05, 0.1) is 6.10 Å². The molecule has 4 atom stereocenters. The van der Waals surface area contributed by atoms with Crippen molar-refractivity contribution in [2.75, 3.05) is 6.61 Å². The van der Waals surface area contributed by atoms with Crippen LogP contribution in [0.2, 0.25) is 0 Å². The molecule has 3 saturated carbocycles. The van der Waals surface area contributed by atoms with Gasteiger partial charge in [-0.25, -0.2) is 0 Å². The van der Waals surface area contributed by atoms with Gasteiger partial charge in [-0.3, -0.25) is 0 Å². The summed E-state index contributed by atoms with van der Waals surface area (Å²) in [5, 5.41) is 9.04. The average molecular weight is 182 g/mol. The molecule has 1 heterocycles. The molecular weight excluding hydrogens is 164 g/mol. The van der Waals surface area contributed by atoms with Crippen molar-refractivity contribution in [3.63, 3.8) is 0 Å². The third-order valence-electron chi connectivity index (χ3n) is 4.91. The van der Waals surface area contributed by atoms with Crippen molar-refractivity contribution in [3.05, 3.63) is 0 Å². The lowest BCUT2D eigenvalue weighted by Gasteiger charge is -2.58. The Morgan fingerprint density at radius 1 is 1.38 bits per heavy atom. The molecule has 1 aliphatic heterocycles. The number of hydrogen-bond donors (Lipinski definition) is 1. The maximum atomic E-state index is 9.04. The van der Waals surface area contributed by atoms with E-state index < -0.39 is 0 Å². The third-order valence-corrected chi connectivity index (χ3v) is 4.91. The van der Waals surface area contributed by atoms with Crippen LogP contribution < -0.4 is 0 Å². The molecule has 13 heavy (non-hydrogen) atoms. The average Bonchev–Trinajstić information content (AvgIpc) is 2.77. The van der Waals surface area contributed by atoms with Gasteiger partial charge in [0.2, 0.25) is 0 Å². The second kappa shape index (κ2) is 2.12. The summed E-state index contributed by atoms with van der Waals surface area (Å²) in [6.45, 7) is 5.01. The second-order valence-corrected chi connectivity index (χ2v) is 5.58. The Balaban J connectivity index is 1.86. The van der Waals surface area contributed by atoms with Crippen LogP contribution in [0.3, 0.4) is 0 Å². The van der Waals surface area contributed by atoms with E-state index in [-0.39, 0.29) is 12.2 Å². The van der Waals surface area contributed by atoms with Crippen molar-refractivity contribution in [2.24, 2.45) is 17.3 Å². The van der Waals surface area contributed by atoms with Gasteiger partial charge in [0, 0.05) is 13.0 Å². The Kier molecular flexibility index (Phi) is 1.34. The molecular formula is C11H18O2. The maximum Gasteiger partial charge on any atom is 0.100 e. The van der Waals surface area contributed by atoms with Gasteiger partial charge in [0.1, 0.15) is 5.60 Å². The number of aliphatic hydroxyl groups is 1. The van der Waals surface area contributed by atoms with Gasteiger partial charge < -0.3 is 9.84 Å². The van der Waals surface area contributed by atoms with Crippen molar-refractivity contribution in [1.82, 2.24) is 0 Å². The molecule has 4 rings (SSSR count). The molecule has 74 valence electrons. The highest BCUT2D eigenvalue weighted by Gasteiger charge is 2.74. The van der Waals surface area contributed by atoms with Crippen LogP contribution in [0.5, 0.6) is 0 Å². The number of aliphatic hydroxyl groups excluding tert-OH is 1. The highest BCUT2D eigenvalue weighted by Crippen LogP contribution is 2.71. The molecule has 1 N–H and O–H groups in total. The highest BCUT2D eigenvalue weighted by atomic mass is 16.6. The minimum atomic E-state index is 0.104. The summed E-state index contributed by atoms with van der Waals surface area (Å²) in [5.74, 6) is 1.60. The minimum Gasteiger partial charge on any atom is -0.396 e. The molecule has 0 aromatic rings. The summed E-state index contributed by atoms with van der Waals surface area (Å²) < 4.78 is 5.84. The van der Waals surface area contributed by atoms with E-state index in [1.165, 1.54) is 12.8 Å². The second-order valence-electron chi connectivity index (χ2n) is 5.58. The lowest BCUT2D eigenvalue weighted by molar-refractivity contribution is -0.0893. The minimum absolute atomic E-state index is 0.104. The summed E-state index contributed by atoms with van der Waals surface area (Å²) in [7, 11) is 0. The van der Waals surface area contributed by atoms with Gasteiger partial charge in [-0.05, 0) is 30.1 Å². The number of hydrogen-bond acceptors (Lipinski definition) is 2. The lowest BCUT2D eigenvalue weighted by Crippen LogP contribution is -2.57. The zero-order chi connectivity index (χ0) is 9.27. The summed E-state index contributed by atoms with van der Waals surface area (Å²) in [6, 6.07) is 0. The van der Waals surface area contributed by atoms with Crippen LogP contribution in [-0.4, -0.2) is 23.4 Å². The third kappa shape index (κ3) is 0.774. The van der Waals surface area contributed by atoms with Crippen LogP contribution >= 0.6 is 0 Å². The molecule has 0 aromatic carbocycles. The highest BCUT2D eigenvalue weighted by molar-refractivity contribution is 5.22. The first-order valence-electron chi connectivity index (χ1n) is 5.40. The number of rotatable bonds is 2. The standard InChI is InChI=1S/C11H18O2/c1-10(2)7-5-8(10)11(3-4-12)9(6-7)13-11/h7-9,12H,3-6H2,1-2H3/t7-,8-,9+,11-/m1/s1. The van der Waals surface area contributed by atoms with E-state index in [4.69, 9.17) is 9.84 Å². The zero-order valence-corrected chi connectivity index (χ0v) is 8.42. The van der Waals surface area contributed by atoms with Crippen molar-refractivity contribution < 1.29 is 9.84 Å². The van der Waals surface area contributed by atoms with Gasteiger partial charge >= 0.3 is 0 Å². The first kappa shape index (κ1) is 8.25. The van der Waals surface area contributed by atoms with Gasteiger partial charge in [-0.2, -0.15) is 0 Å². The molecule has 2 bridgehead atoms. The molecule has 2 nitrogen and oxygen atoms in total. The molecule has 2 heteroatoms. The van der Waals surface area contributed by atoms with Crippen LogP contribution in [0.4, 0.5) is 0 Å². The van der Waals surface area contributed by atoms with E-state index in [0.29, 0.717) is 11.5 Å². The Bertz CT molecular complexity index is 248.